The van der Waals surface area contributed by atoms with Gasteiger partial charge >= 0.3 is 7.12 Å². The molecule has 15 heavy (non-hydrogen) atoms. The van der Waals surface area contributed by atoms with Crippen molar-refractivity contribution in [1.82, 2.24) is 0 Å². The van der Waals surface area contributed by atoms with Crippen LogP contribution in [0.25, 0.3) is 0 Å². The van der Waals surface area contributed by atoms with Gasteiger partial charge in [-0.15, -0.1) is 0 Å². The zero-order valence-electron chi connectivity index (χ0n) is 9.58. The molecular weight excluding hydrogens is 302 g/mol. The highest BCUT2D eigenvalue weighted by atomic mass is 127. The summed E-state index contributed by atoms with van der Waals surface area (Å²) < 4.78 is 1.12. The lowest BCUT2D eigenvalue weighted by molar-refractivity contribution is 0.415. The summed E-state index contributed by atoms with van der Waals surface area (Å²) >= 11 is 2.34. The third-order valence-electron chi connectivity index (χ3n) is 2.39. The monoisotopic (exact) mass is 324 g/mol. The van der Waals surface area contributed by atoms with Crippen molar-refractivity contribution in [3.8, 4) is 0 Å². The van der Waals surface area contributed by atoms with Crippen LogP contribution in [-0.4, -0.2) is 21.6 Å². The van der Waals surface area contributed by atoms with Gasteiger partial charge in [-0.3, -0.25) is 0 Å². The highest BCUT2D eigenvalue weighted by Crippen LogP contribution is 2.12. The maximum Gasteiger partial charge on any atom is 0.483 e. The predicted molar refractivity (Wildman–Crippen MR) is 75.2 cm³/mol. The average molecular weight is 324 g/mol. The maximum absolute atomic E-state index is 9.15. The second-order valence-corrected chi connectivity index (χ2v) is 4.87. The van der Waals surface area contributed by atoms with Gasteiger partial charge in [0.15, 0.2) is 0 Å². The van der Waals surface area contributed by atoms with E-state index in [1.807, 2.05) is 6.08 Å². The Kier molecular flexibility index (Phi) is 11.3. The van der Waals surface area contributed by atoms with Crippen molar-refractivity contribution in [1.29, 1.82) is 0 Å². The van der Waals surface area contributed by atoms with Crippen LogP contribution >= 0.6 is 22.6 Å². The van der Waals surface area contributed by atoms with Crippen molar-refractivity contribution < 1.29 is 10.0 Å². The number of alkyl halides is 1. The van der Waals surface area contributed by atoms with Crippen molar-refractivity contribution in [2.75, 3.05) is 4.43 Å². The van der Waals surface area contributed by atoms with Crippen molar-refractivity contribution in [3.05, 3.63) is 11.5 Å². The van der Waals surface area contributed by atoms with Crippen LogP contribution in [0.4, 0.5) is 0 Å². The van der Waals surface area contributed by atoms with E-state index in [-0.39, 0.29) is 0 Å². The van der Waals surface area contributed by atoms with Crippen LogP contribution < -0.4 is 0 Å². The van der Waals surface area contributed by atoms with Crippen molar-refractivity contribution in [2.24, 2.45) is 0 Å². The standard InChI is InChI=1S/C11H22BIO2/c1-2-3-4-5-8-11(12(14)15)9-6-7-10-13/h9,14-15H,2-8,10H2,1H3. The Morgan fingerprint density at radius 3 is 2.47 bits per heavy atom. The summed E-state index contributed by atoms with van der Waals surface area (Å²) in [4.78, 5) is 0. The van der Waals surface area contributed by atoms with E-state index in [9.17, 15) is 0 Å². The number of hydrogen-bond acceptors (Lipinski definition) is 2. The third kappa shape index (κ3) is 9.39. The molecule has 0 saturated heterocycles. The topological polar surface area (TPSA) is 40.5 Å². The molecule has 2 nitrogen and oxygen atoms in total. The zero-order valence-corrected chi connectivity index (χ0v) is 11.7. The first kappa shape index (κ1) is 15.5. The van der Waals surface area contributed by atoms with Gasteiger partial charge < -0.3 is 10.0 Å². The normalized spacial score (nSPS) is 11.9. The summed E-state index contributed by atoms with van der Waals surface area (Å²) in [6.07, 6.45) is 9.62. The molecule has 0 spiro atoms. The van der Waals surface area contributed by atoms with Gasteiger partial charge in [0.2, 0.25) is 0 Å². The quantitative estimate of drug-likeness (QED) is 0.296. The summed E-state index contributed by atoms with van der Waals surface area (Å²) in [6.45, 7) is 2.18. The molecule has 0 unspecified atom stereocenters. The summed E-state index contributed by atoms with van der Waals surface area (Å²) in [5, 5.41) is 18.3. The first-order valence-corrected chi connectivity index (χ1v) is 7.36. The Morgan fingerprint density at radius 1 is 1.20 bits per heavy atom. The fraction of sp³-hybridized carbons (Fsp3) is 0.818. The number of hydrogen-bond donors (Lipinski definition) is 2. The summed E-state index contributed by atoms with van der Waals surface area (Å²) in [5.41, 5.74) is 0.802. The van der Waals surface area contributed by atoms with E-state index in [0.717, 1.165) is 35.6 Å². The largest absolute Gasteiger partial charge is 0.483 e. The van der Waals surface area contributed by atoms with E-state index >= 15 is 0 Å². The summed E-state index contributed by atoms with van der Waals surface area (Å²) in [7, 11) is -1.25. The molecule has 4 heteroatoms. The number of halogens is 1. The number of allylic oxidation sites excluding steroid dienone is 2. The number of rotatable bonds is 9. The van der Waals surface area contributed by atoms with Gasteiger partial charge in [-0.25, -0.2) is 0 Å². The molecule has 0 fully saturated rings. The molecule has 88 valence electrons. The smallest absolute Gasteiger partial charge is 0.423 e. The second kappa shape index (κ2) is 11.0. The molecule has 0 bridgehead atoms. The summed E-state index contributed by atoms with van der Waals surface area (Å²) in [5.74, 6) is 0. The van der Waals surface area contributed by atoms with Crippen LogP contribution in [0.15, 0.2) is 11.5 Å². The minimum Gasteiger partial charge on any atom is -0.423 e. The van der Waals surface area contributed by atoms with E-state index in [4.69, 9.17) is 10.0 Å². The number of unbranched alkanes of at least 4 members (excludes halogenated alkanes) is 4. The maximum atomic E-state index is 9.15. The predicted octanol–water partition coefficient (Wildman–Crippen LogP) is 3.11. The molecule has 0 aromatic rings. The van der Waals surface area contributed by atoms with Crippen LogP contribution in [0.1, 0.15) is 51.9 Å². The Hall–Kier alpha value is 0.455. The molecule has 0 aromatic carbocycles. The fourth-order valence-corrected chi connectivity index (χ4v) is 1.90. The van der Waals surface area contributed by atoms with E-state index < -0.39 is 7.12 Å². The third-order valence-corrected chi connectivity index (χ3v) is 3.16. The minimum absolute atomic E-state index is 0.802. The van der Waals surface area contributed by atoms with Gasteiger partial charge in [0, 0.05) is 0 Å². The van der Waals surface area contributed by atoms with Gasteiger partial charge in [-0.2, -0.15) is 0 Å². The second-order valence-electron chi connectivity index (χ2n) is 3.79. The molecular formula is C11H22BIO2. The summed E-state index contributed by atoms with van der Waals surface area (Å²) in [6, 6.07) is 0. The van der Waals surface area contributed by atoms with Gasteiger partial charge in [0.1, 0.15) is 0 Å². The molecule has 0 amide bonds. The lowest BCUT2D eigenvalue weighted by Crippen LogP contribution is -2.15. The lowest BCUT2D eigenvalue weighted by Gasteiger charge is -2.06. The molecule has 0 aromatic heterocycles. The van der Waals surface area contributed by atoms with Crippen LogP contribution in [0.2, 0.25) is 0 Å². The van der Waals surface area contributed by atoms with E-state index in [2.05, 4.69) is 29.5 Å². The Bertz CT molecular complexity index is 172. The molecule has 0 heterocycles. The zero-order chi connectivity index (χ0) is 11.5. The van der Waals surface area contributed by atoms with E-state index in [1.165, 1.54) is 19.3 Å². The first-order valence-electron chi connectivity index (χ1n) is 5.83. The van der Waals surface area contributed by atoms with Gasteiger partial charge in [-0.05, 0) is 29.2 Å². The van der Waals surface area contributed by atoms with Crippen LogP contribution in [0, 0.1) is 0 Å². The molecule has 0 radical (unpaired) electrons. The first-order chi connectivity index (χ1) is 7.22. The Morgan fingerprint density at radius 2 is 1.93 bits per heavy atom. The van der Waals surface area contributed by atoms with E-state index in [1.54, 1.807) is 0 Å². The molecule has 0 aliphatic rings. The van der Waals surface area contributed by atoms with Crippen LogP contribution in [-0.2, 0) is 0 Å². The van der Waals surface area contributed by atoms with Crippen LogP contribution in [0.3, 0.4) is 0 Å². The molecule has 2 N–H and O–H groups in total. The van der Waals surface area contributed by atoms with Crippen LogP contribution in [0.5, 0.6) is 0 Å². The average Bonchev–Trinajstić information content (AvgIpc) is 2.21. The Labute approximate surface area is 107 Å². The minimum atomic E-state index is -1.25. The molecule has 0 aliphatic carbocycles. The Balaban J connectivity index is 3.77. The van der Waals surface area contributed by atoms with Gasteiger partial charge in [-0.1, -0.05) is 61.3 Å². The SMILES string of the molecule is CCCCCCC(=CCCCI)B(O)O. The molecule has 0 atom stereocenters. The molecule has 0 rings (SSSR count). The van der Waals surface area contributed by atoms with Crippen molar-refractivity contribution in [3.63, 3.8) is 0 Å². The highest BCUT2D eigenvalue weighted by molar-refractivity contribution is 14.1. The van der Waals surface area contributed by atoms with Gasteiger partial charge in [0.25, 0.3) is 0 Å². The lowest BCUT2D eigenvalue weighted by atomic mass is 9.75. The highest BCUT2D eigenvalue weighted by Gasteiger charge is 2.13. The van der Waals surface area contributed by atoms with Crippen molar-refractivity contribution in [2.45, 2.75) is 51.9 Å². The van der Waals surface area contributed by atoms with Gasteiger partial charge in [0.05, 0.1) is 0 Å². The molecule has 0 aliphatic heterocycles. The molecule has 0 saturated carbocycles. The van der Waals surface area contributed by atoms with Crippen molar-refractivity contribution >= 4 is 29.7 Å². The fourth-order valence-electron chi connectivity index (χ4n) is 1.46. The van der Waals surface area contributed by atoms with E-state index in [0.29, 0.717) is 0 Å².